The van der Waals surface area contributed by atoms with Gasteiger partial charge in [-0.25, -0.2) is 18.2 Å². The van der Waals surface area contributed by atoms with Crippen molar-refractivity contribution in [1.29, 1.82) is 0 Å². The van der Waals surface area contributed by atoms with Crippen LogP contribution in [0.3, 0.4) is 0 Å². The third-order valence-electron chi connectivity index (χ3n) is 4.59. The van der Waals surface area contributed by atoms with Crippen molar-refractivity contribution in [3.63, 3.8) is 0 Å². The molecule has 8 heteroatoms. The predicted molar refractivity (Wildman–Crippen MR) is 102 cm³/mol. The van der Waals surface area contributed by atoms with Gasteiger partial charge in [-0.3, -0.25) is 0 Å². The van der Waals surface area contributed by atoms with Gasteiger partial charge < -0.3 is 15.1 Å². The highest BCUT2D eigenvalue weighted by Crippen LogP contribution is 2.21. The molecule has 0 radical (unpaired) electrons. The van der Waals surface area contributed by atoms with Gasteiger partial charge in [-0.1, -0.05) is 0 Å². The van der Waals surface area contributed by atoms with Crippen LogP contribution in [-0.2, 0) is 0 Å². The Morgan fingerprint density at radius 3 is 2.21 bits per heavy atom. The molecule has 1 aliphatic rings. The summed E-state index contributed by atoms with van der Waals surface area (Å²) in [6, 6.07) is 11.7. The summed E-state index contributed by atoms with van der Waals surface area (Å²) in [6.45, 7) is 2.95. The molecule has 2 heterocycles. The van der Waals surface area contributed by atoms with Gasteiger partial charge in [0.1, 0.15) is 11.6 Å². The Morgan fingerprint density at radius 1 is 0.786 bits per heavy atom. The molecule has 5 nitrogen and oxygen atoms in total. The Labute approximate surface area is 160 Å². The predicted octanol–water partition coefficient (Wildman–Crippen LogP) is 3.96. The van der Waals surface area contributed by atoms with Gasteiger partial charge >= 0.3 is 0 Å². The molecule has 2 aromatic carbocycles. The van der Waals surface area contributed by atoms with Crippen molar-refractivity contribution in [2.24, 2.45) is 0 Å². The zero-order valence-electron chi connectivity index (χ0n) is 14.9. The van der Waals surface area contributed by atoms with Crippen molar-refractivity contribution >= 4 is 23.1 Å². The zero-order chi connectivity index (χ0) is 19.5. The largest absolute Gasteiger partial charge is 0.368 e. The quantitative estimate of drug-likeness (QED) is 0.736. The monoisotopic (exact) mass is 385 g/mol. The second kappa shape index (κ2) is 7.75. The molecular weight excluding hydrogens is 367 g/mol. The van der Waals surface area contributed by atoms with E-state index in [0.29, 0.717) is 30.5 Å². The molecule has 0 spiro atoms. The van der Waals surface area contributed by atoms with Crippen LogP contribution in [-0.4, -0.2) is 36.1 Å². The minimum Gasteiger partial charge on any atom is -0.368 e. The highest BCUT2D eigenvalue weighted by atomic mass is 19.2. The van der Waals surface area contributed by atoms with Gasteiger partial charge in [0.25, 0.3) is 0 Å². The summed E-state index contributed by atoms with van der Waals surface area (Å²) in [5, 5.41) is 2.96. The number of halogens is 3. The van der Waals surface area contributed by atoms with Gasteiger partial charge in [0.05, 0.1) is 0 Å². The molecule has 0 atom stereocenters. The van der Waals surface area contributed by atoms with Gasteiger partial charge in [-0.2, -0.15) is 4.98 Å². The number of aromatic nitrogens is 2. The standard InChI is InChI=1S/C20H18F3N5/c21-14-1-4-16(5-2-14)27-9-11-28(12-10-27)20-24-8-7-19(26-20)25-15-3-6-17(22)18(23)13-15/h1-8,13H,9-12H2,(H,24,25,26). The molecule has 1 aliphatic heterocycles. The molecule has 1 N–H and O–H groups in total. The maximum atomic E-state index is 13.4. The Bertz CT molecular complexity index is 956. The minimum atomic E-state index is -0.920. The number of nitrogens with one attached hydrogen (secondary N) is 1. The van der Waals surface area contributed by atoms with Crippen LogP contribution < -0.4 is 15.1 Å². The molecule has 0 bridgehead atoms. The zero-order valence-corrected chi connectivity index (χ0v) is 14.9. The van der Waals surface area contributed by atoms with Gasteiger partial charge in [-0.15, -0.1) is 0 Å². The summed E-state index contributed by atoms with van der Waals surface area (Å²) in [6.07, 6.45) is 1.62. The third-order valence-corrected chi connectivity index (χ3v) is 4.59. The second-order valence-corrected chi connectivity index (χ2v) is 6.45. The van der Waals surface area contributed by atoms with Crippen molar-refractivity contribution in [3.8, 4) is 0 Å². The molecule has 3 aromatic rings. The number of hydrogen-bond acceptors (Lipinski definition) is 5. The van der Waals surface area contributed by atoms with E-state index in [1.54, 1.807) is 24.4 Å². The van der Waals surface area contributed by atoms with E-state index in [1.807, 2.05) is 0 Å². The second-order valence-electron chi connectivity index (χ2n) is 6.45. The number of nitrogens with zero attached hydrogens (tertiary/aromatic N) is 4. The lowest BCUT2D eigenvalue weighted by Crippen LogP contribution is -2.47. The third kappa shape index (κ3) is 4.00. The number of anilines is 4. The van der Waals surface area contributed by atoms with Crippen molar-refractivity contribution in [3.05, 3.63) is 72.2 Å². The summed E-state index contributed by atoms with van der Waals surface area (Å²) in [5.41, 5.74) is 1.39. The van der Waals surface area contributed by atoms with Crippen LogP contribution in [0.25, 0.3) is 0 Å². The first-order chi connectivity index (χ1) is 13.6. The maximum absolute atomic E-state index is 13.4. The summed E-state index contributed by atoms with van der Waals surface area (Å²) in [7, 11) is 0. The fourth-order valence-electron chi connectivity index (χ4n) is 3.11. The molecule has 1 saturated heterocycles. The summed E-state index contributed by atoms with van der Waals surface area (Å²) in [5.74, 6) is -1.01. The van der Waals surface area contributed by atoms with E-state index in [0.717, 1.165) is 30.9 Å². The molecule has 1 fully saturated rings. The molecule has 0 saturated carbocycles. The minimum absolute atomic E-state index is 0.249. The Hall–Kier alpha value is -3.29. The van der Waals surface area contributed by atoms with E-state index in [4.69, 9.17) is 0 Å². The first kappa shape index (κ1) is 18.1. The Kier molecular flexibility index (Phi) is 5.01. The van der Waals surface area contributed by atoms with E-state index >= 15 is 0 Å². The molecule has 0 amide bonds. The van der Waals surface area contributed by atoms with E-state index < -0.39 is 11.6 Å². The van der Waals surface area contributed by atoms with E-state index in [9.17, 15) is 13.2 Å². The molecule has 1 aromatic heterocycles. The molecule has 0 unspecified atom stereocenters. The van der Waals surface area contributed by atoms with Gasteiger partial charge in [0, 0.05) is 49.8 Å². The van der Waals surface area contributed by atoms with Crippen LogP contribution in [0.4, 0.5) is 36.3 Å². The van der Waals surface area contributed by atoms with Gasteiger partial charge in [0.2, 0.25) is 5.95 Å². The first-order valence-electron chi connectivity index (χ1n) is 8.89. The fourth-order valence-corrected chi connectivity index (χ4v) is 3.11. The van der Waals surface area contributed by atoms with E-state index in [2.05, 4.69) is 25.1 Å². The van der Waals surface area contributed by atoms with Gasteiger partial charge in [0.15, 0.2) is 11.6 Å². The van der Waals surface area contributed by atoms with Crippen LogP contribution in [0, 0.1) is 17.5 Å². The van der Waals surface area contributed by atoms with Crippen LogP contribution in [0.1, 0.15) is 0 Å². The normalized spacial score (nSPS) is 14.2. The first-order valence-corrected chi connectivity index (χ1v) is 8.89. The maximum Gasteiger partial charge on any atom is 0.227 e. The Morgan fingerprint density at radius 2 is 1.50 bits per heavy atom. The van der Waals surface area contributed by atoms with E-state index in [-0.39, 0.29) is 5.82 Å². The smallest absolute Gasteiger partial charge is 0.227 e. The fraction of sp³-hybridized carbons (Fsp3) is 0.200. The number of hydrogen-bond donors (Lipinski definition) is 1. The summed E-state index contributed by atoms with van der Waals surface area (Å²) >= 11 is 0. The average Bonchev–Trinajstić information content (AvgIpc) is 2.72. The molecule has 0 aliphatic carbocycles. The lowest BCUT2D eigenvalue weighted by Gasteiger charge is -2.36. The van der Waals surface area contributed by atoms with Crippen LogP contribution in [0.15, 0.2) is 54.7 Å². The lowest BCUT2D eigenvalue weighted by molar-refractivity contribution is 0.509. The van der Waals surface area contributed by atoms with Crippen LogP contribution in [0.5, 0.6) is 0 Å². The molecular formula is C20H18F3N5. The van der Waals surface area contributed by atoms with Crippen LogP contribution >= 0.6 is 0 Å². The van der Waals surface area contributed by atoms with Crippen molar-refractivity contribution in [2.75, 3.05) is 41.3 Å². The summed E-state index contributed by atoms with van der Waals surface area (Å²) in [4.78, 5) is 13.0. The van der Waals surface area contributed by atoms with Gasteiger partial charge in [-0.05, 0) is 42.5 Å². The van der Waals surface area contributed by atoms with Crippen molar-refractivity contribution < 1.29 is 13.2 Å². The molecule has 4 rings (SSSR count). The van der Waals surface area contributed by atoms with Crippen molar-refractivity contribution in [2.45, 2.75) is 0 Å². The Balaban J connectivity index is 1.42. The number of rotatable bonds is 4. The molecule has 28 heavy (non-hydrogen) atoms. The van der Waals surface area contributed by atoms with Crippen LogP contribution in [0.2, 0.25) is 0 Å². The van der Waals surface area contributed by atoms with Crippen molar-refractivity contribution in [1.82, 2.24) is 9.97 Å². The average molecular weight is 385 g/mol. The van der Waals surface area contributed by atoms with E-state index in [1.165, 1.54) is 18.2 Å². The highest BCUT2D eigenvalue weighted by molar-refractivity contribution is 5.57. The number of benzene rings is 2. The molecule has 144 valence electrons. The summed E-state index contributed by atoms with van der Waals surface area (Å²) < 4.78 is 39.5. The highest BCUT2D eigenvalue weighted by Gasteiger charge is 2.19. The number of piperazine rings is 1. The topological polar surface area (TPSA) is 44.3 Å². The lowest BCUT2D eigenvalue weighted by atomic mass is 10.2. The SMILES string of the molecule is Fc1ccc(N2CCN(c3nccc(Nc4ccc(F)c(F)c4)n3)CC2)cc1.